The van der Waals surface area contributed by atoms with E-state index in [1.54, 1.807) is 31.2 Å². The summed E-state index contributed by atoms with van der Waals surface area (Å²) in [6.45, 7) is 2.29. The zero-order chi connectivity index (χ0) is 15.0. The number of aromatic nitrogens is 2. The van der Waals surface area contributed by atoms with Gasteiger partial charge in [-0.15, -0.1) is 0 Å². The van der Waals surface area contributed by atoms with Crippen LogP contribution in [-0.4, -0.2) is 15.1 Å². The molecule has 110 valence electrons. The maximum Gasteiger partial charge on any atom is 0.273 e. The summed E-state index contributed by atoms with van der Waals surface area (Å²) in [5, 5.41) is 0.831. The molecule has 21 heavy (non-hydrogen) atoms. The molecule has 0 N–H and O–H groups in total. The minimum Gasteiger partial charge on any atom is -0.297 e. The summed E-state index contributed by atoms with van der Waals surface area (Å²) < 4.78 is 2.87. The minimum atomic E-state index is -0.512. The third kappa shape index (κ3) is 2.13. The minimum absolute atomic E-state index is 0.0161. The fraction of sp³-hybridized carbons (Fsp3) is 0.438. The molecule has 1 unspecified atom stereocenters. The Morgan fingerprint density at radius 3 is 2.48 bits per heavy atom. The molecule has 0 saturated carbocycles. The number of rotatable bonds is 2. The number of carbonyl (C=O) groups excluding carboxylic acids is 1. The van der Waals surface area contributed by atoms with Gasteiger partial charge in [0.1, 0.15) is 6.04 Å². The lowest BCUT2D eigenvalue weighted by Crippen LogP contribution is -2.42. The highest BCUT2D eigenvalue weighted by molar-refractivity contribution is 5.84. The Hall–Kier alpha value is -2.17. The molecule has 0 spiro atoms. The van der Waals surface area contributed by atoms with E-state index in [2.05, 4.69) is 0 Å². The second-order valence-corrected chi connectivity index (χ2v) is 5.46. The molecule has 2 aromatic rings. The predicted octanol–water partition coefficient (Wildman–Crippen LogP) is 1.87. The maximum absolute atomic E-state index is 12.8. The largest absolute Gasteiger partial charge is 0.297 e. The number of hydrogen-bond acceptors (Lipinski definition) is 3. The van der Waals surface area contributed by atoms with E-state index in [-0.39, 0.29) is 16.9 Å². The molecule has 1 aromatic carbocycles. The standard InChI is InChI=1S/C16H18N2O3/c1-2-14(19)13-9-5-6-10-17-15(20)11-7-3-4-8-12(11)16(21)18(13)17/h3-4,7-8,13H,2,5-6,9-10H2,1H3. The van der Waals surface area contributed by atoms with Crippen molar-refractivity contribution < 1.29 is 4.79 Å². The van der Waals surface area contributed by atoms with Gasteiger partial charge in [-0.2, -0.15) is 0 Å². The van der Waals surface area contributed by atoms with Gasteiger partial charge in [0, 0.05) is 13.0 Å². The summed E-state index contributed by atoms with van der Waals surface area (Å²) in [7, 11) is 0. The number of Topliss-reactive ketones (excluding diaryl/α,β-unsaturated/α-hetero) is 1. The van der Waals surface area contributed by atoms with E-state index in [0.29, 0.717) is 30.2 Å². The van der Waals surface area contributed by atoms with Crippen molar-refractivity contribution in [3.05, 3.63) is 45.0 Å². The lowest BCUT2D eigenvalue weighted by Gasteiger charge is -2.20. The van der Waals surface area contributed by atoms with Crippen LogP contribution >= 0.6 is 0 Å². The van der Waals surface area contributed by atoms with Crippen molar-refractivity contribution in [3.63, 3.8) is 0 Å². The van der Waals surface area contributed by atoms with Crippen molar-refractivity contribution in [1.82, 2.24) is 9.36 Å². The number of ketones is 1. The average Bonchev–Trinajstić information content (AvgIpc) is 2.75. The summed E-state index contributed by atoms with van der Waals surface area (Å²) in [4.78, 5) is 37.6. The van der Waals surface area contributed by atoms with Crippen LogP contribution in [0.4, 0.5) is 0 Å². The quantitative estimate of drug-likeness (QED) is 0.846. The molecule has 5 nitrogen and oxygen atoms in total. The highest BCUT2D eigenvalue weighted by atomic mass is 16.2. The monoisotopic (exact) mass is 286 g/mol. The van der Waals surface area contributed by atoms with Crippen molar-refractivity contribution in [1.29, 1.82) is 0 Å². The SMILES string of the molecule is CCC(=O)C1CCCCn2c(=O)c3ccccc3c(=O)n21. The molecule has 2 heterocycles. The molecule has 0 fully saturated rings. The first-order valence-corrected chi connectivity index (χ1v) is 7.42. The Balaban J connectivity index is 2.40. The van der Waals surface area contributed by atoms with Crippen molar-refractivity contribution in [2.75, 3.05) is 0 Å². The van der Waals surface area contributed by atoms with Gasteiger partial charge in [-0.3, -0.25) is 14.4 Å². The fourth-order valence-corrected chi connectivity index (χ4v) is 3.10. The summed E-state index contributed by atoms with van der Waals surface area (Å²) in [6.07, 6.45) is 2.66. The summed E-state index contributed by atoms with van der Waals surface area (Å²) in [6, 6.07) is 6.32. The zero-order valence-corrected chi connectivity index (χ0v) is 12.0. The summed E-state index contributed by atoms with van der Waals surface area (Å²) >= 11 is 0. The Labute approximate surface area is 121 Å². The molecule has 0 bridgehead atoms. The molecule has 1 aliphatic heterocycles. The Morgan fingerprint density at radius 1 is 1.14 bits per heavy atom. The van der Waals surface area contributed by atoms with E-state index in [1.807, 2.05) is 0 Å². The second-order valence-electron chi connectivity index (χ2n) is 5.46. The summed E-state index contributed by atoms with van der Waals surface area (Å²) in [5.41, 5.74) is -0.417. The lowest BCUT2D eigenvalue weighted by atomic mass is 10.0. The number of hydrogen-bond donors (Lipinski definition) is 0. The molecule has 1 aliphatic rings. The number of fused-ring (bicyclic) bond motifs is 2. The highest BCUT2D eigenvalue weighted by Crippen LogP contribution is 2.20. The number of carbonyl (C=O) groups is 1. The molecule has 5 heteroatoms. The zero-order valence-electron chi connectivity index (χ0n) is 12.0. The average molecular weight is 286 g/mol. The van der Waals surface area contributed by atoms with Gasteiger partial charge in [0.2, 0.25) is 0 Å². The topological polar surface area (TPSA) is 61.1 Å². The molecular formula is C16H18N2O3. The van der Waals surface area contributed by atoms with Crippen LogP contribution in [0.15, 0.2) is 33.9 Å². The van der Waals surface area contributed by atoms with Crippen molar-refractivity contribution in [2.24, 2.45) is 0 Å². The molecule has 0 saturated heterocycles. The number of nitrogens with zero attached hydrogens (tertiary/aromatic N) is 2. The van der Waals surface area contributed by atoms with Crippen LogP contribution in [-0.2, 0) is 11.3 Å². The van der Waals surface area contributed by atoms with Gasteiger partial charge < -0.3 is 0 Å². The number of benzene rings is 1. The molecule has 3 rings (SSSR count). The van der Waals surface area contributed by atoms with Crippen LogP contribution in [0.25, 0.3) is 10.8 Å². The van der Waals surface area contributed by atoms with E-state index < -0.39 is 6.04 Å². The van der Waals surface area contributed by atoms with E-state index in [4.69, 9.17) is 0 Å². The van der Waals surface area contributed by atoms with Crippen LogP contribution in [0.3, 0.4) is 0 Å². The van der Waals surface area contributed by atoms with E-state index >= 15 is 0 Å². The van der Waals surface area contributed by atoms with Gasteiger partial charge in [-0.1, -0.05) is 19.1 Å². The first kappa shape index (κ1) is 13.8. The maximum atomic E-state index is 12.8. The Bertz CT molecular complexity index is 816. The first-order chi connectivity index (χ1) is 10.1. The lowest BCUT2D eigenvalue weighted by molar-refractivity contribution is -0.122. The van der Waals surface area contributed by atoms with Crippen LogP contribution in [0, 0.1) is 0 Å². The third-order valence-electron chi connectivity index (χ3n) is 4.20. The molecule has 0 radical (unpaired) electrons. The van der Waals surface area contributed by atoms with Crippen LogP contribution < -0.4 is 11.1 Å². The van der Waals surface area contributed by atoms with E-state index in [9.17, 15) is 14.4 Å². The Kier molecular flexibility index (Phi) is 3.49. The smallest absolute Gasteiger partial charge is 0.273 e. The molecular weight excluding hydrogens is 268 g/mol. The van der Waals surface area contributed by atoms with Gasteiger partial charge in [-0.25, -0.2) is 9.36 Å². The van der Waals surface area contributed by atoms with Gasteiger partial charge in [0.25, 0.3) is 11.1 Å². The molecule has 1 atom stereocenters. The first-order valence-electron chi connectivity index (χ1n) is 7.42. The second kappa shape index (κ2) is 5.31. The highest BCUT2D eigenvalue weighted by Gasteiger charge is 2.26. The van der Waals surface area contributed by atoms with Gasteiger partial charge in [0.15, 0.2) is 5.78 Å². The van der Waals surface area contributed by atoms with E-state index in [0.717, 1.165) is 12.8 Å². The van der Waals surface area contributed by atoms with E-state index in [1.165, 1.54) is 9.36 Å². The third-order valence-corrected chi connectivity index (χ3v) is 4.20. The van der Waals surface area contributed by atoms with Crippen molar-refractivity contribution in [3.8, 4) is 0 Å². The van der Waals surface area contributed by atoms with Crippen LogP contribution in [0.1, 0.15) is 38.6 Å². The van der Waals surface area contributed by atoms with Crippen LogP contribution in [0.5, 0.6) is 0 Å². The molecule has 1 aromatic heterocycles. The summed E-state index contributed by atoms with van der Waals surface area (Å²) in [5.74, 6) is 0.0161. The van der Waals surface area contributed by atoms with Gasteiger partial charge in [0.05, 0.1) is 10.8 Å². The Morgan fingerprint density at radius 2 is 1.81 bits per heavy atom. The molecule has 0 amide bonds. The fourth-order valence-electron chi connectivity index (χ4n) is 3.10. The van der Waals surface area contributed by atoms with Crippen molar-refractivity contribution in [2.45, 2.75) is 45.2 Å². The predicted molar refractivity (Wildman–Crippen MR) is 80.7 cm³/mol. The normalized spacial score (nSPS) is 18.2. The molecule has 0 aliphatic carbocycles. The van der Waals surface area contributed by atoms with Crippen molar-refractivity contribution >= 4 is 16.6 Å². The van der Waals surface area contributed by atoms with Gasteiger partial charge in [-0.05, 0) is 31.4 Å². The van der Waals surface area contributed by atoms with Gasteiger partial charge >= 0.3 is 0 Å². The van der Waals surface area contributed by atoms with Crippen LogP contribution in [0.2, 0.25) is 0 Å².